The number of ether oxygens (including phenoxy) is 2. The van der Waals surface area contributed by atoms with Crippen LogP contribution < -0.4 is 20.7 Å². The van der Waals surface area contributed by atoms with E-state index in [2.05, 4.69) is 26.9 Å². The summed E-state index contributed by atoms with van der Waals surface area (Å²) in [5.74, 6) is 3.71. The maximum atomic E-state index is 12.3. The summed E-state index contributed by atoms with van der Waals surface area (Å²) in [7, 11) is 1.66. The lowest BCUT2D eigenvalue weighted by Gasteiger charge is -2.18. The molecule has 3 rings (SSSR count). The van der Waals surface area contributed by atoms with E-state index < -0.39 is 0 Å². The summed E-state index contributed by atoms with van der Waals surface area (Å²) in [6.45, 7) is 3.96. The van der Waals surface area contributed by atoms with Crippen LogP contribution in [0.3, 0.4) is 0 Å². The van der Waals surface area contributed by atoms with E-state index in [0.717, 1.165) is 29.9 Å². The van der Waals surface area contributed by atoms with Gasteiger partial charge in [-0.15, -0.1) is 6.42 Å². The van der Waals surface area contributed by atoms with Gasteiger partial charge in [-0.1, -0.05) is 24.1 Å². The predicted molar refractivity (Wildman–Crippen MR) is 122 cm³/mol. The van der Waals surface area contributed by atoms with Gasteiger partial charge in [0.1, 0.15) is 11.9 Å². The summed E-state index contributed by atoms with van der Waals surface area (Å²) >= 11 is 0. The average Bonchev–Trinajstić information content (AvgIpc) is 3.28. The number of carbonyl (C=O) groups is 1. The Kier molecular flexibility index (Phi) is 7.91. The van der Waals surface area contributed by atoms with Crippen LogP contribution >= 0.6 is 0 Å². The molecule has 7 nitrogen and oxygen atoms in total. The quantitative estimate of drug-likeness (QED) is 0.364. The van der Waals surface area contributed by atoms with Crippen LogP contribution in [-0.4, -0.2) is 44.8 Å². The van der Waals surface area contributed by atoms with Crippen molar-refractivity contribution in [3.05, 3.63) is 59.2 Å². The Hall–Kier alpha value is -3.50. The zero-order valence-corrected chi connectivity index (χ0v) is 17.9. The topological polar surface area (TPSA) is 84.0 Å². The Bertz CT molecular complexity index is 975. The van der Waals surface area contributed by atoms with Crippen LogP contribution in [0.15, 0.2) is 47.5 Å². The summed E-state index contributed by atoms with van der Waals surface area (Å²) in [6, 6.07) is 13.3. The van der Waals surface area contributed by atoms with Gasteiger partial charge in [0.25, 0.3) is 0 Å². The molecule has 1 fully saturated rings. The molecule has 0 spiro atoms. The van der Waals surface area contributed by atoms with Crippen LogP contribution in [0.2, 0.25) is 0 Å². The molecule has 1 atom stereocenters. The van der Waals surface area contributed by atoms with Crippen LogP contribution in [0.5, 0.6) is 5.75 Å². The van der Waals surface area contributed by atoms with Crippen LogP contribution in [0.1, 0.15) is 23.1 Å². The van der Waals surface area contributed by atoms with E-state index in [0.29, 0.717) is 30.4 Å². The fourth-order valence-corrected chi connectivity index (χ4v) is 3.16. The van der Waals surface area contributed by atoms with Crippen molar-refractivity contribution >= 4 is 17.6 Å². The van der Waals surface area contributed by atoms with Crippen molar-refractivity contribution in [1.82, 2.24) is 10.6 Å². The van der Waals surface area contributed by atoms with Crippen LogP contribution in [-0.2, 0) is 16.1 Å². The number of benzene rings is 2. The number of aryl methyl sites for hydroxylation is 1. The third-order valence-corrected chi connectivity index (χ3v) is 4.80. The number of terminal acetylenes is 1. The Balaban J connectivity index is 1.52. The number of hydrogen-bond acceptors (Lipinski definition) is 4. The van der Waals surface area contributed by atoms with Gasteiger partial charge in [0, 0.05) is 36.8 Å². The highest BCUT2D eigenvalue weighted by Gasteiger charge is 2.19. The van der Waals surface area contributed by atoms with Gasteiger partial charge in [-0.25, -0.2) is 0 Å². The number of rotatable bonds is 7. The molecule has 2 aromatic rings. The van der Waals surface area contributed by atoms with Gasteiger partial charge >= 0.3 is 0 Å². The summed E-state index contributed by atoms with van der Waals surface area (Å²) in [5.41, 5.74) is 3.51. The zero-order valence-electron chi connectivity index (χ0n) is 17.9. The van der Waals surface area contributed by atoms with E-state index in [1.54, 1.807) is 25.2 Å². The molecule has 31 heavy (non-hydrogen) atoms. The van der Waals surface area contributed by atoms with Gasteiger partial charge in [0.2, 0.25) is 5.91 Å². The molecule has 0 radical (unpaired) electrons. The molecule has 0 aromatic heterocycles. The molecule has 1 saturated heterocycles. The van der Waals surface area contributed by atoms with Crippen LogP contribution in [0, 0.1) is 19.3 Å². The lowest BCUT2D eigenvalue weighted by molar-refractivity contribution is -0.115. The SMILES string of the molecule is C#Cc1cccc(NC(=O)CNC(=NC)NCc2ccc(C)cc2OC2CCOC2)c1. The smallest absolute Gasteiger partial charge is 0.243 e. The zero-order chi connectivity index (χ0) is 22.1. The lowest BCUT2D eigenvalue weighted by Crippen LogP contribution is -2.41. The van der Waals surface area contributed by atoms with E-state index in [1.807, 2.05) is 31.2 Å². The second kappa shape index (κ2) is 11.0. The molecule has 1 amide bonds. The van der Waals surface area contributed by atoms with Gasteiger partial charge in [-0.3, -0.25) is 9.79 Å². The molecule has 3 N–H and O–H groups in total. The standard InChI is InChI=1S/C24H28N4O3/c1-4-18-6-5-7-20(13-18)28-23(29)15-27-24(25-3)26-14-19-9-8-17(2)12-22(19)31-21-10-11-30-16-21/h1,5-9,12-13,21H,10-11,14-16H2,2-3H3,(H,28,29)(H2,25,26,27). The van der Waals surface area contributed by atoms with Crippen molar-refractivity contribution in [3.8, 4) is 18.1 Å². The van der Waals surface area contributed by atoms with Crippen molar-refractivity contribution < 1.29 is 14.3 Å². The summed E-state index contributed by atoms with van der Waals surface area (Å²) < 4.78 is 11.5. The molecular formula is C24H28N4O3. The first-order valence-electron chi connectivity index (χ1n) is 10.2. The molecule has 1 unspecified atom stereocenters. The number of aliphatic imine (C=N–C) groups is 1. The van der Waals surface area contributed by atoms with E-state index in [1.165, 1.54) is 0 Å². The number of anilines is 1. The maximum Gasteiger partial charge on any atom is 0.243 e. The third kappa shape index (κ3) is 6.76. The van der Waals surface area contributed by atoms with Gasteiger partial charge < -0.3 is 25.4 Å². The Morgan fingerprint density at radius 1 is 1.29 bits per heavy atom. The highest BCUT2D eigenvalue weighted by atomic mass is 16.5. The highest BCUT2D eigenvalue weighted by molar-refractivity contribution is 5.95. The Morgan fingerprint density at radius 2 is 2.16 bits per heavy atom. The second-order valence-electron chi connectivity index (χ2n) is 7.27. The Labute approximate surface area is 183 Å². The molecule has 1 aliphatic heterocycles. The van der Waals surface area contributed by atoms with Crippen molar-refractivity contribution in [2.24, 2.45) is 4.99 Å². The normalized spacial score (nSPS) is 15.8. The molecule has 7 heteroatoms. The molecular weight excluding hydrogens is 392 g/mol. The molecule has 1 heterocycles. The van der Waals surface area contributed by atoms with Gasteiger partial charge in [0.05, 0.1) is 19.8 Å². The lowest BCUT2D eigenvalue weighted by atomic mass is 10.1. The summed E-state index contributed by atoms with van der Waals surface area (Å²) in [6.07, 6.45) is 6.37. The minimum absolute atomic E-state index is 0.0661. The summed E-state index contributed by atoms with van der Waals surface area (Å²) in [5, 5.41) is 9.06. The fraction of sp³-hybridized carbons (Fsp3) is 0.333. The van der Waals surface area contributed by atoms with Crippen molar-refractivity contribution in [2.45, 2.75) is 26.0 Å². The van der Waals surface area contributed by atoms with Crippen molar-refractivity contribution in [2.75, 3.05) is 32.1 Å². The van der Waals surface area contributed by atoms with E-state index in [-0.39, 0.29) is 18.6 Å². The van der Waals surface area contributed by atoms with E-state index in [4.69, 9.17) is 15.9 Å². The number of carbonyl (C=O) groups excluding carboxylic acids is 1. The molecule has 0 aliphatic carbocycles. The first kappa shape index (κ1) is 22.2. The van der Waals surface area contributed by atoms with Gasteiger partial charge in [-0.2, -0.15) is 0 Å². The van der Waals surface area contributed by atoms with Crippen LogP contribution in [0.25, 0.3) is 0 Å². The van der Waals surface area contributed by atoms with Crippen LogP contribution in [0.4, 0.5) is 5.69 Å². The number of nitrogens with zero attached hydrogens (tertiary/aromatic N) is 1. The third-order valence-electron chi connectivity index (χ3n) is 4.80. The monoisotopic (exact) mass is 420 g/mol. The molecule has 162 valence electrons. The largest absolute Gasteiger partial charge is 0.488 e. The number of hydrogen-bond donors (Lipinski definition) is 3. The maximum absolute atomic E-state index is 12.3. The minimum atomic E-state index is -0.197. The first-order chi connectivity index (χ1) is 15.1. The van der Waals surface area contributed by atoms with E-state index >= 15 is 0 Å². The number of guanidine groups is 1. The minimum Gasteiger partial charge on any atom is -0.488 e. The van der Waals surface area contributed by atoms with Gasteiger partial charge in [0.15, 0.2) is 5.96 Å². The fourth-order valence-electron chi connectivity index (χ4n) is 3.16. The molecule has 2 aromatic carbocycles. The second-order valence-corrected chi connectivity index (χ2v) is 7.27. The first-order valence-corrected chi connectivity index (χ1v) is 10.2. The number of nitrogens with one attached hydrogen (secondary N) is 3. The molecule has 1 aliphatic rings. The van der Waals surface area contributed by atoms with Crippen molar-refractivity contribution in [3.63, 3.8) is 0 Å². The highest BCUT2D eigenvalue weighted by Crippen LogP contribution is 2.23. The van der Waals surface area contributed by atoms with Gasteiger partial charge in [-0.05, 0) is 36.8 Å². The van der Waals surface area contributed by atoms with Crippen molar-refractivity contribution in [1.29, 1.82) is 0 Å². The number of amides is 1. The predicted octanol–water partition coefficient (Wildman–Crippen LogP) is 2.45. The summed E-state index contributed by atoms with van der Waals surface area (Å²) in [4.78, 5) is 16.4. The molecule has 0 bridgehead atoms. The average molecular weight is 421 g/mol. The Morgan fingerprint density at radius 3 is 2.90 bits per heavy atom. The molecule has 0 saturated carbocycles. The van der Waals surface area contributed by atoms with E-state index in [9.17, 15) is 4.79 Å².